The lowest BCUT2D eigenvalue weighted by Gasteiger charge is -2.21. The molecule has 0 aromatic heterocycles. The summed E-state index contributed by atoms with van der Waals surface area (Å²) in [5, 5.41) is 3.21. The summed E-state index contributed by atoms with van der Waals surface area (Å²) in [4.78, 5) is 12.5. The first-order valence-corrected chi connectivity index (χ1v) is 9.71. The first-order chi connectivity index (χ1) is 11.9. The van der Waals surface area contributed by atoms with Gasteiger partial charge in [0.05, 0.1) is 15.8 Å². The molecule has 0 saturated carbocycles. The maximum absolute atomic E-state index is 12.6. The fourth-order valence-electron chi connectivity index (χ4n) is 2.39. The van der Waals surface area contributed by atoms with Crippen molar-refractivity contribution in [1.82, 2.24) is 0 Å². The molecule has 1 aliphatic heterocycles. The van der Waals surface area contributed by atoms with E-state index in [0.717, 1.165) is 0 Å². The van der Waals surface area contributed by atoms with Crippen LogP contribution < -0.4 is 5.32 Å². The lowest BCUT2D eigenvalue weighted by atomic mass is 10.2. The number of anilines is 1. The fourth-order valence-corrected chi connectivity index (χ4v) is 4.13. The van der Waals surface area contributed by atoms with Crippen molar-refractivity contribution in [3.8, 4) is 0 Å². The highest BCUT2D eigenvalue weighted by Crippen LogP contribution is 2.31. The molecule has 0 spiro atoms. The zero-order valence-electron chi connectivity index (χ0n) is 12.8. The molecule has 1 heterocycles. The first-order valence-electron chi connectivity index (χ1n) is 7.30. The van der Waals surface area contributed by atoms with E-state index in [1.165, 1.54) is 12.1 Å². The van der Waals surface area contributed by atoms with Crippen molar-refractivity contribution in [2.45, 2.75) is 0 Å². The molecule has 0 bridgehead atoms. The predicted molar refractivity (Wildman–Crippen MR) is 98.2 cm³/mol. The summed E-state index contributed by atoms with van der Waals surface area (Å²) in [5.41, 5.74) is 0.785. The first kappa shape index (κ1) is 17.8. The maximum Gasteiger partial charge on any atom is 0.292 e. The van der Waals surface area contributed by atoms with Crippen LogP contribution in [0.25, 0.3) is 4.91 Å². The van der Waals surface area contributed by atoms with Gasteiger partial charge in [-0.1, -0.05) is 53.5 Å². The standard InChI is InChI=1S/C17H13Cl2NO4S/c18-13-7-6-12(10-14(13)19)20-17(21)15-16(11-4-2-1-3-5-11)25(22,23)9-8-24-15/h1-7,10H,8-9H2,(H,20,21). The Kier molecular flexibility index (Phi) is 5.03. The summed E-state index contributed by atoms with van der Waals surface area (Å²) >= 11 is 11.8. The largest absolute Gasteiger partial charge is 0.486 e. The molecule has 1 aliphatic rings. The Bertz CT molecular complexity index is 956. The van der Waals surface area contributed by atoms with Crippen LogP contribution in [0.3, 0.4) is 0 Å². The molecule has 25 heavy (non-hydrogen) atoms. The number of benzene rings is 2. The Morgan fingerprint density at radius 2 is 1.76 bits per heavy atom. The van der Waals surface area contributed by atoms with Gasteiger partial charge in [-0.15, -0.1) is 0 Å². The molecule has 0 saturated heterocycles. The van der Waals surface area contributed by atoms with Crippen molar-refractivity contribution in [1.29, 1.82) is 0 Å². The van der Waals surface area contributed by atoms with Crippen molar-refractivity contribution in [2.75, 3.05) is 17.7 Å². The van der Waals surface area contributed by atoms with Gasteiger partial charge < -0.3 is 10.1 Å². The van der Waals surface area contributed by atoms with E-state index < -0.39 is 15.7 Å². The highest BCUT2D eigenvalue weighted by atomic mass is 35.5. The van der Waals surface area contributed by atoms with Crippen LogP contribution in [-0.2, 0) is 19.4 Å². The van der Waals surface area contributed by atoms with Crippen LogP contribution in [0, 0.1) is 0 Å². The van der Waals surface area contributed by atoms with Crippen molar-refractivity contribution >= 4 is 49.5 Å². The van der Waals surface area contributed by atoms with Gasteiger partial charge in [0.15, 0.2) is 9.84 Å². The Morgan fingerprint density at radius 3 is 2.44 bits per heavy atom. The molecule has 8 heteroatoms. The summed E-state index contributed by atoms with van der Waals surface area (Å²) in [7, 11) is -3.63. The Morgan fingerprint density at radius 1 is 1.04 bits per heavy atom. The lowest BCUT2D eigenvalue weighted by Crippen LogP contribution is -2.28. The van der Waals surface area contributed by atoms with Crippen molar-refractivity contribution in [2.24, 2.45) is 0 Å². The normalized spacial score (nSPS) is 16.2. The molecular weight excluding hydrogens is 385 g/mol. The smallest absolute Gasteiger partial charge is 0.292 e. The van der Waals surface area contributed by atoms with E-state index in [4.69, 9.17) is 27.9 Å². The van der Waals surface area contributed by atoms with E-state index in [2.05, 4.69) is 5.32 Å². The second-order valence-electron chi connectivity index (χ2n) is 5.27. The van der Waals surface area contributed by atoms with E-state index in [1.54, 1.807) is 36.4 Å². The summed E-state index contributed by atoms with van der Waals surface area (Å²) in [5.74, 6) is -1.08. The van der Waals surface area contributed by atoms with Crippen LogP contribution in [0.4, 0.5) is 5.69 Å². The van der Waals surface area contributed by atoms with Gasteiger partial charge in [-0.2, -0.15) is 0 Å². The van der Waals surface area contributed by atoms with E-state index in [1.807, 2.05) is 0 Å². The third-order valence-electron chi connectivity index (χ3n) is 3.54. The molecule has 5 nitrogen and oxygen atoms in total. The van der Waals surface area contributed by atoms with Gasteiger partial charge in [0.25, 0.3) is 5.91 Å². The van der Waals surface area contributed by atoms with Gasteiger partial charge in [0.1, 0.15) is 11.5 Å². The highest BCUT2D eigenvalue weighted by molar-refractivity contribution is 8.00. The molecule has 1 N–H and O–H groups in total. The molecule has 0 fully saturated rings. The van der Waals surface area contributed by atoms with Gasteiger partial charge in [-0.05, 0) is 23.8 Å². The number of hydrogen-bond donors (Lipinski definition) is 1. The quantitative estimate of drug-likeness (QED) is 0.855. The van der Waals surface area contributed by atoms with Gasteiger partial charge in [0.2, 0.25) is 5.76 Å². The molecule has 0 radical (unpaired) electrons. The van der Waals surface area contributed by atoms with Crippen molar-refractivity contribution in [3.63, 3.8) is 0 Å². The van der Waals surface area contributed by atoms with Gasteiger partial charge >= 0.3 is 0 Å². The predicted octanol–water partition coefficient (Wildman–Crippen LogP) is 3.75. The van der Waals surface area contributed by atoms with E-state index in [0.29, 0.717) is 16.3 Å². The molecule has 130 valence electrons. The van der Waals surface area contributed by atoms with Crippen LogP contribution in [0.2, 0.25) is 10.0 Å². The molecular formula is C17H13Cl2NO4S. The third-order valence-corrected chi connectivity index (χ3v) is 6.02. The second kappa shape index (κ2) is 7.07. The Balaban J connectivity index is 2.03. The zero-order valence-corrected chi connectivity index (χ0v) is 15.2. The summed E-state index contributed by atoms with van der Waals surface area (Å²) in [6.45, 7) is -0.0806. The average molecular weight is 398 g/mol. The van der Waals surface area contributed by atoms with Crippen LogP contribution in [0.5, 0.6) is 0 Å². The summed E-state index contributed by atoms with van der Waals surface area (Å²) in [6.07, 6.45) is 0. The molecule has 2 aromatic carbocycles. The average Bonchev–Trinajstić information content (AvgIpc) is 2.58. The minimum absolute atomic E-state index is 0.0806. The Labute approximate surface area is 155 Å². The SMILES string of the molecule is O=C(Nc1ccc(Cl)c(Cl)c1)C1=C(c2ccccc2)S(=O)(=O)CCO1. The van der Waals surface area contributed by atoms with E-state index in [-0.39, 0.29) is 28.0 Å². The fraction of sp³-hybridized carbons (Fsp3) is 0.118. The molecule has 0 unspecified atom stereocenters. The number of hydrogen-bond acceptors (Lipinski definition) is 4. The van der Waals surface area contributed by atoms with E-state index >= 15 is 0 Å². The lowest BCUT2D eigenvalue weighted by molar-refractivity contribution is -0.115. The summed E-state index contributed by atoms with van der Waals surface area (Å²) in [6, 6.07) is 13.0. The van der Waals surface area contributed by atoms with Crippen molar-refractivity contribution < 1.29 is 17.9 Å². The van der Waals surface area contributed by atoms with Crippen LogP contribution in [0.1, 0.15) is 5.56 Å². The highest BCUT2D eigenvalue weighted by Gasteiger charge is 2.33. The number of carbonyl (C=O) groups is 1. The number of ether oxygens (including phenoxy) is 1. The van der Waals surface area contributed by atoms with Gasteiger partial charge in [0, 0.05) is 5.69 Å². The molecule has 0 aliphatic carbocycles. The van der Waals surface area contributed by atoms with Crippen LogP contribution in [-0.4, -0.2) is 26.7 Å². The maximum atomic E-state index is 12.6. The van der Waals surface area contributed by atoms with Crippen molar-refractivity contribution in [3.05, 3.63) is 69.9 Å². The van der Waals surface area contributed by atoms with Gasteiger partial charge in [-0.3, -0.25) is 4.79 Å². The number of nitrogens with one attached hydrogen (secondary N) is 1. The molecule has 2 aromatic rings. The van der Waals surface area contributed by atoms with Crippen LogP contribution >= 0.6 is 23.2 Å². The topological polar surface area (TPSA) is 72.5 Å². The Hall–Kier alpha value is -2.02. The number of halogens is 2. The minimum Gasteiger partial charge on any atom is -0.486 e. The molecule has 3 rings (SSSR count). The minimum atomic E-state index is -3.63. The van der Waals surface area contributed by atoms with E-state index in [9.17, 15) is 13.2 Å². The second-order valence-corrected chi connectivity index (χ2v) is 8.14. The number of amides is 1. The summed E-state index contributed by atoms with van der Waals surface area (Å²) < 4.78 is 30.4. The monoisotopic (exact) mass is 397 g/mol. The van der Waals surface area contributed by atoms with Gasteiger partial charge in [-0.25, -0.2) is 8.42 Å². The number of sulfone groups is 1. The third kappa shape index (κ3) is 3.81. The molecule has 0 atom stereocenters. The number of carbonyl (C=O) groups excluding carboxylic acids is 1. The number of rotatable bonds is 3. The zero-order chi connectivity index (χ0) is 18.0. The molecule has 1 amide bonds. The van der Waals surface area contributed by atoms with Crippen LogP contribution in [0.15, 0.2) is 54.3 Å².